The molecule has 0 saturated carbocycles. The van der Waals surface area contributed by atoms with Gasteiger partial charge in [-0.1, -0.05) is 18.5 Å². The van der Waals surface area contributed by atoms with Gasteiger partial charge in [-0.3, -0.25) is 9.69 Å². The van der Waals surface area contributed by atoms with Crippen LogP contribution in [0.4, 0.5) is 0 Å². The second-order valence-electron chi connectivity index (χ2n) is 7.80. The number of hydrogen-bond acceptors (Lipinski definition) is 4. The molecule has 1 aliphatic heterocycles. The summed E-state index contributed by atoms with van der Waals surface area (Å²) in [6.45, 7) is 9.44. The molecule has 1 aromatic carbocycles. The largest absolute Gasteiger partial charge is 0.493 e. The summed E-state index contributed by atoms with van der Waals surface area (Å²) >= 11 is 6.20. The van der Waals surface area contributed by atoms with Crippen LogP contribution in [0.25, 0.3) is 6.08 Å². The molecule has 150 valence electrons. The van der Waals surface area contributed by atoms with Gasteiger partial charge < -0.3 is 14.8 Å². The molecule has 1 amide bonds. The fourth-order valence-corrected chi connectivity index (χ4v) is 3.72. The summed E-state index contributed by atoms with van der Waals surface area (Å²) in [6.07, 6.45) is 5.75. The van der Waals surface area contributed by atoms with Gasteiger partial charge in [-0.25, -0.2) is 0 Å². The smallest absolute Gasteiger partial charge is 0.244 e. The predicted octanol–water partition coefficient (Wildman–Crippen LogP) is 4.00. The molecular formula is C21H31ClN2O3. The lowest BCUT2D eigenvalue weighted by Crippen LogP contribution is -2.54. The van der Waals surface area contributed by atoms with E-state index in [1.165, 1.54) is 26.0 Å². The first-order valence-electron chi connectivity index (χ1n) is 9.39. The number of benzene rings is 1. The van der Waals surface area contributed by atoms with Gasteiger partial charge in [0.25, 0.3) is 0 Å². The quantitative estimate of drug-likeness (QED) is 0.710. The van der Waals surface area contributed by atoms with E-state index in [0.29, 0.717) is 29.0 Å². The Kier molecular flexibility index (Phi) is 7.57. The van der Waals surface area contributed by atoms with Crippen LogP contribution >= 0.6 is 11.6 Å². The predicted molar refractivity (Wildman–Crippen MR) is 111 cm³/mol. The van der Waals surface area contributed by atoms with E-state index in [1.807, 2.05) is 0 Å². The normalized spacial score (nSPS) is 18.5. The Bertz CT molecular complexity index is 688. The van der Waals surface area contributed by atoms with Crippen LogP contribution in [-0.2, 0) is 4.79 Å². The van der Waals surface area contributed by atoms with Crippen LogP contribution in [0.1, 0.15) is 39.2 Å². The van der Waals surface area contributed by atoms with Crippen molar-refractivity contribution in [3.05, 3.63) is 28.8 Å². The third kappa shape index (κ3) is 5.88. The summed E-state index contributed by atoms with van der Waals surface area (Å²) in [4.78, 5) is 14.7. The number of carbonyl (C=O) groups excluding carboxylic acids is 1. The maximum Gasteiger partial charge on any atom is 0.244 e. The van der Waals surface area contributed by atoms with Crippen LogP contribution in [-0.4, -0.2) is 50.2 Å². The van der Waals surface area contributed by atoms with E-state index in [2.05, 4.69) is 31.0 Å². The average molecular weight is 395 g/mol. The van der Waals surface area contributed by atoms with E-state index >= 15 is 0 Å². The van der Waals surface area contributed by atoms with Gasteiger partial charge in [-0.05, 0) is 62.9 Å². The Hall–Kier alpha value is -1.72. The number of nitrogens with zero attached hydrogens (tertiary/aromatic N) is 1. The third-order valence-electron chi connectivity index (χ3n) is 5.09. The van der Waals surface area contributed by atoms with Crippen molar-refractivity contribution in [1.29, 1.82) is 0 Å². The first-order chi connectivity index (χ1) is 12.8. The number of piperidine rings is 1. The molecule has 0 spiro atoms. The molecular weight excluding hydrogens is 364 g/mol. The first kappa shape index (κ1) is 21.6. The van der Waals surface area contributed by atoms with Crippen molar-refractivity contribution in [3.8, 4) is 11.5 Å². The van der Waals surface area contributed by atoms with Gasteiger partial charge in [0.05, 0.1) is 19.2 Å². The SMILES string of the molecule is COc1cc(/C=C/C(=O)NCC(C)(C)N2CCCC(C)C2)cc(Cl)c1OC. The minimum Gasteiger partial charge on any atom is -0.493 e. The summed E-state index contributed by atoms with van der Waals surface area (Å²) in [6, 6.07) is 3.53. The second-order valence-corrected chi connectivity index (χ2v) is 8.20. The molecule has 6 heteroatoms. The Morgan fingerprint density at radius 1 is 1.37 bits per heavy atom. The van der Waals surface area contributed by atoms with Gasteiger partial charge in [-0.15, -0.1) is 0 Å². The zero-order chi connectivity index (χ0) is 20.0. The summed E-state index contributed by atoms with van der Waals surface area (Å²) in [5.41, 5.74) is 0.710. The Balaban J connectivity index is 1.96. The number of ether oxygens (including phenoxy) is 2. The Morgan fingerprint density at radius 3 is 2.74 bits per heavy atom. The van der Waals surface area contributed by atoms with E-state index < -0.39 is 0 Å². The maximum atomic E-state index is 12.3. The van der Waals surface area contributed by atoms with E-state index in [4.69, 9.17) is 21.1 Å². The van der Waals surface area contributed by atoms with Crippen molar-refractivity contribution in [2.24, 2.45) is 5.92 Å². The highest BCUT2D eigenvalue weighted by Gasteiger charge is 2.30. The fraction of sp³-hybridized carbons (Fsp3) is 0.571. The number of halogens is 1. The molecule has 0 aliphatic carbocycles. The van der Waals surface area contributed by atoms with Crippen molar-refractivity contribution in [3.63, 3.8) is 0 Å². The van der Waals surface area contributed by atoms with Gasteiger partial charge in [-0.2, -0.15) is 0 Å². The lowest BCUT2D eigenvalue weighted by atomic mass is 9.93. The van der Waals surface area contributed by atoms with Gasteiger partial charge in [0, 0.05) is 24.7 Å². The molecule has 1 aromatic rings. The number of methoxy groups -OCH3 is 2. The van der Waals surface area contributed by atoms with Gasteiger partial charge >= 0.3 is 0 Å². The minimum absolute atomic E-state index is 0.0647. The average Bonchev–Trinajstić information content (AvgIpc) is 2.64. The highest BCUT2D eigenvalue weighted by atomic mass is 35.5. The van der Waals surface area contributed by atoms with Crippen LogP contribution in [0, 0.1) is 5.92 Å². The van der Waals surface area contributed by atoms with Crippen molar-refractivity contribution in [2.45, 2.75) is 39.2 Å². The van der Waals surface area contributed by atoms with Crippen molar-refractivity contribution < 1.29 is 14.3 Å². The number of hydrogen-bond donors (Lipinski definition) is 1. The fourth-order valence-electron chi connectivity index (χ4n) is 3.42. The summed E-state index contributed by atoms with van der Waals surface area (Å²) in [5.74, 6) is 1.60. The highest BCUT2D eigenvalue weighted by Crippen LogP contribution is 2.36. The van der Waals surface area contributed by atoms with Crippen LogP contribution in [0.2, 0.25) is 5.02 Å². The van der Waals surface area contributed by atoms with Gasteiger partial charge in [0.2, 0.25) is 5.91 Å². The third-order valence-corrected chi connectivity index (χ3v) is 5.37. The Labute approximate surface area is 167 Å². The van der Waals surface area contributed by atoms with E-state index in [0.717, 1.165) is 18.7 Å². The summed E-state index contributed by atoms with van der Waals surface area (Å²) in [5, 5.41) is 3.46. The molecule has 27 heavy (non-hydrogen) atoms. The lowest BCUT2D eigenvalue weighted by molar-refractivity contribution is -0.117. The highest BCUT2D eigenvalue weighted by molar-refractivity contribution is 6.32. The van der Waals surface area contributed by atoms with Gasteiger partial charge in [0.15, 0.2) is 11.5 Å². The summed E-state index contributed by atoms with van der Waals surface area (Å²) < 4.78 is 10.5. The molecule has 1 heterocycles. The molecule has 1 N–H and O–H groups in total. The van der Waals surface area contributed by atoms with Crippen LogP contribution in [0.15, 0.2) is 18.2 Å². The minimum atomic E-state index is -0.126. The maximum absolute atomic E-state index is 12.3. The standard InChI is InChI=1S/C21H31ClN2O3/c1-15-7-6-10-24(13-15)21(2,3)14-23-19(25)9-8-16-11-17(22)20(27-5)18(12-16)26-4/h8-9,11-12,15H,6-7,10,13-14H2,1-5H3,(H,23,25)/b9-8+. The number of likely N-dealkylation sites (tertiary alicyclic amines) is 1. The number of rotatable bonds is 7. The van der Waals surface area contributed by atoms with Crippen LogP contribution < -0.4 is 14.8 Å². The molecule has 0 aromatic heterocycles. The van der Waals surface area contributed by atoms with Crippen LogP contribution in [0.5, 0.6) is 11.5 Å². The Morgan fingerprint density at radius 2 is 2.11 bits per heavy atom. The molecule has 1 aliphatic rings. The van der Waals surface area contributed by atoms with E-state index in [9.17, 15) is 4.79 Å². The molecule has 5 nitrogen and oxygen atoms in total. The molecule has 0 bridgehead atoms. The van der Waals surface area contributed by atoms with Crippen molar-refractivity contribution in [1.82, 2.24) is 10.2 Å². The van der Waals surface area contributed by atoms with E-state index in [1.54, 1.807) is 25.3 Å². The monoisotopic (exact) mass is 394 g/mol. The summed E-state index contributed by atoms with van der Waals surface area (Å²) in [7, 11) is 3.09. The lowest BCUT2D eigenvalue weighted by Gasteiger charge is -2.43. The second kappa shape index (κ2) is 9.47. The molecule has 1 fully saturated rings. The zero-order valence-electron chi connectivity index (χ0n) is 17.0. The molecule has 1 saturated heterocycles. The topological polar surface area (TPSA) is 50.8 Å². The number of nitrogens with one attached hydrogen (secondary N) is 1. The number of amides is 1. The molecule has 1 atom stereocenters. The van der Waals surface area contributed by atoms with E-state index in [-0.39, 0.29) is 11.4 Å². The van der Waals surface area contributed by atoms with Crippen molar-refractivity contribution in [2.75, 3.05) is 33.9 Å². The molecule has 1 unspecified atom stereocenters. The van der Waals surface area contributed by atoms with Crippen LogP contribution in [0.3, 0.4) is 0 Å². The zero-order valence-corrected chi connectivity index (χ0v) is 17.7. The molecule has 0 radical (unpaired) electrons. The molecule has 2 rings (SSSR count). The van der Waals surface area contributed by atoms with Crippen molar-refractivity contribution >= 4 is 23.6 Å². The number of carbonyl (C=O) groups is 1. The first-order valence-corrected chi connectivity index (χ1v) is 9.77. The van der Waals surface area contributed by atoms with Gasteiger partial charge in [0.1, 0.15) is 0 Å².